The van der Waals surface area contributed by atoms with Crippen molar-refractivity contribution in [3.05, 3.63) is 22.4 Å². The fourth-order valence-corrected chi connectivity index (χ4v) is 0.753. The van der Waals surface area contributed by atoms with Crippen LogP contribution in [0.15, 0.2) is 12.3 Å². The van der Waals surface area contributed by atoms with Gasteiger partial charge in [0.1, 0.15) is 0 Å². The van der Waals surface area contributed by atoms with Gasteiger partial charge in [0.2, 0.25) is 6.20 Å². The summed E-state index contributed by atoms with van der Waals surface area (Å²) in [6.07, 6.45) is 4.62. The number of hydrogen-bond acceptors (Lipinski definition) is 2. The van der Waals surface area contributed by atoms with E-state index >= 15 is 0 Å². The Morgan fingerprint density at radius 2 is 2.00 bits per heavy atom. The monoisotopic (exact) mass is 143 g/mol. The van der Waals surface area contributed by atoms with E-state index in [1.807, 2.05) is 13.8 Å². The van der Waals surface area contributed by atoms with Gasteiger partial charge in [-0.05, 0) is 24.8 Å². The SMILES string of the molecule is CCC(C=C[N+](=O)[O-])CC. The van der Waals surface area contributed by atoms with E-state index in [9.17, 15) is 10.1 Å². The number of allylic oxidation sites excluding steroid dienone is 1. The third kappa shape index (κ3) is 4.06. The first-order valence-corrected chi connectivity index (χ1v) is 3.52. The van der Waals surface area contributed by atoms with Crippen LogP contribution in [0.3, 0.4) is 0 Å². The van der Waals surface area contributed by atoms with E-state index in [0.717, 1.165) is 19.0 Å². The molecule has 0 spiro atoms. The maximum absolute atomic E-state index is 9.85. The van der Waals surface area contributed by atoms with Gasteiger partial charge in [0.05, 0.1) is 4.92 Å². The largest absolute Gasteiger partial charge is 0.259 e. The van der Waals surface area contributed by atoms with Crippen LogP contribution in [0, 0.1) is 16.0 Å². The van der Waals surface area contributed by atoms with Crippen LogP contribution in [-0.2, 0) is 0 Å². The highest BCUT2D eigenvalue weighted by molar-refractivity contribution is 4.80. The Hall–Kier alpha value is -0.860. The molecule has 0 aromatic heterocycles. The predicted molar refractivity (Wildman–Crippen MR) is 40.2 cm³/mol. The van der Waals surface area contributed by atoms with Crippen molar-refractivity contribution in [3.63, 3.8) is 0 Å². The van der Waals surface area contributed by atoms with Crippen molar-refractivity contribution in [3.8, 4) is 0 Å². The van der Waals surface area contributed by atoms with Crippen LogP contribution < -0.4 is 0 Å². The minimum absolute atomic E-state index is 0.366. The molecule has 10 heavy (non-hydrogen) atoms. The van der Waals surface area contributed by atoms with Crippen LogP contribution in [-0.4, -0.2) is 4.92 Å². The zero-order valence-corrected chi connectivity index (χ0v) is 6.41. The first-order valence-electron chi connectivity index (χ1n) is 3.52. The van der Waals surface area contributed by atoms with E-state index in [4.69, 9.17) is 0 Å². The molecule has 0 fully saturated rings. The average Bonchev–Trinajstić information content (AvgIpc) is 1.90. The Balaban J connectivity index is 3.72. The first kappa shape index (κ1) is 9.14. The Kier molecular flexibility index (Phi) is 4.54. The molecule has 0 aliphatic carbocycles. The van der Waals surface area contributed by atoms with Crippen molar-refractivity contribution < 1.29 is 4.92 Å². The molecule has 0 heterocycles. The van der Waals surface area contributed by atoms with E-state index in [1.54, 1.807) is 6.08 Å². The maximum Gasteiger partial charge on any atom is 0.230 e. The number of nitrogens with zero attached hydrogens (tertiary/aromatic N) is 1. The summed E-state index contributed by atoms with van der Waals surface area (Å²) in [6.45, 7) is 4.05. The molecule has 0 aliphatic rings. The summed E-state index contributed by atoms with van der Waals surface area (Å²) in [5, 5.41) is 9.85. The topological polar surface area (TPSA) is 43.1 Å². The fourth-order valence-electron chi connectivity index (χ4n) is 0.753. The predicted octanol–water partition coefficient (Wildman–Crippen LogP) is 2.21. The minimum atomic E-state index is -0.418. The quantitative estimate of drug-likeness (QED) is 0.447. The second-order valence-electron chi connectivity index (χ2n) is 2.20. The van der Waals surface area contributed by atoms with Gasteiger partial charge in [-0.25, -0.2) is 0 Å². The van der Waals surface area contributed by atoms with Gasteiger partial charge in [0.15, 0.2) is 0 Å². The fraction of sp³-hybridized carbons (Fsp3) is 0.714. The van der Waals surface area contributed by atoms with Crippen molar-refractivity contribution >= 4 is 0 Å². The van der Waals surface area contributed by atoms with E-state index in [0.29, 0.717) is 5.92 Å². The van der Waals surface area contributed by atoms with E-state index in [-0.39, 0.29) is 0 Å². The number of hydrogen-bond donors (Lipinski definition) is 0. The molecule has 3 heteroatoms. The van der Waals surface area contributed by atoms with Crippen LogP contribution in [0.2, 0.25) is 0 Å². The summed E-state index contributed by atoms with van der Waals surface area (Å²) in [5.74, 6) is 0.366. The zero-order valence-electron chi connectivity index (χ0n) is 6.41. The van der Waals surface area contributed by atoms with E-state index in [1.165, 1.54) is 0 Å². The molecule has 0 saturated heterocycles. The molecule has 0 radical (unpaired) electrons. The average molecular weight is 143 g/mol. The van der Waals surface area contributed by atoms with Crippen LogP contribution in [0.25, 0.3) is 0 Å². The third-order valence-corrected chi connectivity index (χ3v) is 1.53. The van der Waals surface area contributed by atoms with Crippen LogP contribution >= 0.6 is 0 Å². The smallest absolute Gasteiger partial charge is 0.230 e. The van der Waals surface area contributed by atoms with Gasteiger partial charge in [0, 0.05) is 0 Å². The molecule has 58 valence electrons. The van der Waals surface area contributed by atoms with Crippen molar-refractivity contribution in [2.45, 2.75) is 26.7 Å². The lowest BCUT2D eigenvalue weighted by Crippen LogP contribution is -1.92. The van der Waals surface area contributed by atoms with Gasteiger partial charge in [0.25, 0.3) is 0 Å². The second kappa shape index (κ2) is 4.97. The molecule has 0 saturated carbocycles. The molecule has 0 atom stereocenters. The molecular weight excluding hydrogens is 130 g/mol. The standard InChI is InChI=1S/C7H13NO2/c1-3-7(4-2)5-6-8(9)10/h5-7H,3-4H2,1-2H3. The van der Waals surface area contributed by atoms with Crippen LogP contribution in [0.5, 0.6) is 0 Å². The first-order chi connectivity index (χ1) is 4.70. The summed E-state index contributed by atoms with van der Waals surface area (Å²) < 4.78 is 0. The molecule has 0 bridgehead atoms. The molecule has 0 rings (SSSR count). The summed E-state index contributed by atoms with van der Waals surface area (Å²) in [4.78, 5) is 9.44. The van der Waals surface area contributed by atoms with Crippen molar-refractivity contribution in [1.29, 1.82) is 0 Å². The molecule has 0 N–H and O–H groups in total. The molecule has 3 nitrogen and oxygen atoms in total. The van der Waals surface area contributed by atoms with Gasteiger partial charge in [-0.2, -0.15) is 0 Å². The van der Waals surface area contributed by atoms with Crippen LogP contribution in [0.4, 0.5) is 0 Å². The molecule has 0 aromatic rings. The molecule has 0 amide bonds. The molecule has 0 unspecified atom stereocenters. The van der Waals surface area contributed by atoms with Gasteiger partial charge < -0.3 is 0 Å². The highest BCUT2D eigenvalue weighted by Crippen LogP contribution is 2.08. The van der Waals surface area contributed by atoms with Crippen LogP contribution in [0.1, 0.15) is 26.7 Å². The Labute approximate surface area is 60.9 Å². The molecule has 0 aromatic carbocycles. The molecular formula is C7H13NO2. The van der Waals surface area contributed by atoms with Crippen molar-refractivity contribution in [2.24, 2.45) is 5.92 Å². The highest BCUT2D eigenvalue weighted by atomic mass is 16.6. The van der Waals surface area contributed by atoms with E-state index in [2.05, 4.69) is 0 Å². The van der Waals surface area contributed by atoms with E-state index < -0.39 is 4.92 Å². The third-order valence-electron chi connectivity index (χ3n) is 1.53. The summed E-state index contributed by atoms with van der Waals surface area (Å²) in [5.41, 5.74) is 0. The Morgan fingerprint density at radius 1 is 1.50 bits per heavy atom. The summed E-state index contributed by atoms with van der Waals surface area (Å²) in [6, 6.07) is 0. The van der Waals surface area contributed by atoms with Gasteiger partial charge in [-0.15, -0.1) is 0 Å². The minimum Gasteiger partial charge on any atom is -0.259 e. The lowest BCUT2D eigenvalue weighted by molar-refractivity contribution is -0.402. The normalized spacial score (nSPS) is 11.1. The number of rotatable bonds is 4. The lowest BCUT2D eigenvalue weighted by Gasteiger charge is -2.01. The molecule has 0 aliphatic heterocycles. The van der Waals surface area contributed by atoms with Crippen molar-refractivity contribution in [2.75, 3.05) is 0 Å². The Bertz CT molecular complexity index is 128. The summed E-state index contributed by atoms with van der Waals surface area (Å²) >= 11 is 0. The Morgan fingerprint density at radius 3 is 2.30 bits per heavy atom. The number of nitro groups is 1. The second-order valence-corrected chi connectivity index (χ2v) is 2.20. The highest BCUT2D eigenvalue weighted by Gasteiger charge is 1.98. The van der Waals surface area contributed by atoms with Crippen molar-refractivity contribution in [1.82, 2.24) is 0 Å². The lowest BCUT2D eigenvalue weighted by atomic mass is 10.0. The van der Waals surface area contributed by atoms with Gasteiger partial charge >= 0.3 is 0 Å². The zero-order chi connectivity index (χ0) is 7.98. The van der Waals surface area contributed by atoms with Gasteiger partial charge in [-0.1, -0.05) is 13.8 Å². The van der Waals surface area contributed by atoms with Gasteiger partial charge in [-0.3, -0.25) is 10.1 Å². The maximum atomic E-state index is 9.85. The summed E-state index contributed by atoms with van der Waals surface area (Å²) in [7, 11) is 0.